The molecule has 0 aliphatic rings. The number of carbonyl (C=O) groups is 3. The number of carboxylic acid groups (broad SMARTS) is 1. The summed E-state index contributed by atoms with van der Waals surface area (Å²) in [5, 5.41) is 21.9. The molecule has 0 aliphatic heterocycles. The van der Waals surface area contributed by atoms with Gasteiger partial charge in [-0.1, -0.05) is 184 Å². The van der Waals surface area contributed by atoms with Gasteiger partial charge in [0.25, 0.3) is 0 Å². The van der Waals surface area contributed by atoms with E-state index in [-0.39, 0.29) is 12.8 Å². The van der Waals surface area contributed by atoms with Gasteiger partial charge >= 0.3 is 19.8 Å². The van der Waals surface area contributed by atoms with E-state index in [1.165, 1.54) is 103 Å². The maximum atomic E-state index is 12.4. The minimum absolute atomic E-state index is 0.138. The first-order valence-corrected chi connectivity index (χ1v) is 26.8. The summed E-state index contributed by atoms with van der Waals surface area (Å²) in [5.41, 5.74) is 0. The first kappa shape index (κ1) is 61.2. The van der Waals surface area contributed by atoms with Crippen molar-refractivity contribution >= 4 is 25.7 Å². The molecule has 11 nitrogen and oxygen atoms in total. The van der Waals surface area contributed by atoms with Crippen LogP contribution < -0.4 is 5.32 Å². The lowest BCUT2D eigenvalue weighted by Crippen LogP contribution is -2.43. The number of phosphoric acid groups is 1. The lowest BCUT2D eigenvalue weighted by molar-refractivity contribution is -0.147. The molecule has 0 heterocycles. The summed E-state index contributed by atoms with van der Waals surface area (Å²) in [7, 11) is -4.77. The van der Waals surface area contributed by atoms with E-state index in [9.17, 15) is 34.1 Å². The Hall–Kier alpha value is -2.82. The lowest BCUT2D eigenvalue weighted by atomic mass is 10.0. The third kappa shape index (κ3) is 45.7. The van der Waals surface area contributed by atoms with E-state index in [1.54, 1.807) is 0 Å². The first-order valence-electron chi connectivity index (χ1n) is 25.3. The molecule has 0 bridgehead atoms. The van der Waals surface area contributed by atoms with Crippen molar-refractivity contribution in [2.75, 3.05) is 19.8 Å². The molecule has 0 aromatic rings. The second-order valence-corrected chi connectivity index (χ2v) is 18.5. The molecule has 0 aliphatic carbocycles. The zero-order valence-corrected chi connectivity index (χ0v) is 41.2. The molecule has 0 radical (unpaired) electrons. The zero-order valence-electron chi connectivity index (χ0n) is 40.3. The Morgan fingerprint density at radius 2 is 0.859 bits per heavy atom. The minimum Gasteiger partial charge on any atom is -0.480 e. The molecule has 4 N–H and O–H groups in total. The molecule has 0 aromatic carbocycles. The van der Waals surface area contributed by atoms with Crippen LogP contribution in [0.25, 0.3) is 0 Å². The second-order valence-electron chi connectivity index (χ2n) is 17.0. The van der Waals surface area contributed by atoms with Crippen LogP contribution in [0.4, 0.5) is 0 Å². The monoisotopic (exact) mass is 922 g/mol. The molecule has 0 saturated heterocycles. The van der Waals surface area contributed by atoms with E-state index >= 15 is 0 Å². The van der Waals surface area contributed by atoms with E-state index in [0.717, 1.165) is 77.0 Å². The number of hydrogen-bond donors (Lipinski definition) is 4. The van der Waals surface area contributed by atoms with Gasteiger partial charge in [0.15, 0.2) is 6.04 Å². The highest BCUT2D eigenvalue weighted by atomic mass is 31.2. The number of nitrogens with one attached hydrogen (secondary N) is 1. The van der Waals surface area contributed by atoms with Gasteiger partial charge in [-0.2, -0.15) is 0 Å². The summed E-state index contributed by atoms with van der Waals surface area (Å²) < 4.78 is 26.9. The van der Waals surface area contributed by atoms with E-state index < -0.39 is 57.6 Å². The molecule has 64 heavy (non-hydrogen) atoms. The second kappa shape index (κ2) is 46.7. The van der Waals surface area contributed by atoms with Crippen molar-refractivity contribution in [2.24, 2.45) is 0 Å². The quantitative estimate of drug-likeness (QED) is 0.0199. The van der Waals surface area contributed by atoms with Gasteiger partial charge in [-0.25, -0.2) is 9.36 Å². The highest BCUT2D eigenvalue weighted by Crippen LogP contribution is 2.43. The molecular weight excluding hydrogens is 830 g/mol. The van der Waals surface area contributed by atoms with Crippen LogP contribution in [0, 0.1) is 0 Å². The van der Waals surface area contributed by atoms with Crippen LogP contribution >= 0.6 is 7.82 Å². The van der Waals surface area contributed by atoms with Crippen LogP contribution in [0.1, 0.15) is 219 Å². The molecule has 0 saturated carbocycles. The van der Waals surface area contributed by atoms with Crippen LogP contribution in [-0.2, 0) is 32.7 Å². The number of amides is 1. The summed E-state index contributed by atoms with van der Waals surface area (Å²) in [4.78, 5) is 46.1. The number of hydrogen-bond acceptors (Lipinski definition) is 8. The standard InChI is InChI=1S/C52H92NO10P/c1-3-5-7-9-11-13-15-17-19-21-22-23-24-25-26-28-29-31-33-35-37-39-41-43-50(55)53-49(52(57)58)47-63-64(59,60)62-46-48(54)45-61-51(56)44-42-40-38-36-34-32-30-27-20-18-16-14-12-10-8-6-4-2/h11-14,17-20,22-23,48-49,54H,3-10,15-16,21,24-47H2,1-2H3,(H,53,55)(H,57,58)(H,59,60)/b13-11-,14-12-,19-17-,20-18-,23-22-. The average molecular weight is 922 g/mol. The Labute approximate surface area is 389 Å². The largest absolute Gasteiger partial charge is 0.480 e. The molecule has 370 valence electrons. The van der Waals surface area contributed by atoms with Crippen molar-refractivity contribution < 1.29 is 47.8 Å². The lowest BCUT2D eigenvalue weighted by Gasteiger charge is -2.18. The number of unbranched alkanes of at least 4 members (excludes halogenated alkanes) is 23. The highest BCUT2D eigenvalue weighted by molar-refractivity contribution is 7.47. The molecule has 12 heteroatoms. The summed E-state index contributed by atoms with van der Waals surface area (Å²) >= 11 is 0. The number of aliphatic hydroxyl groups excluding tert-OH is 1. The van der Waals surface area contributed by atoms with Gasteiger partial charge in [0.05, 0.1) is 13.2 Å². The Kier molecular flexibility index (Phi) is 44.6. The molecule has 1 amide bonds. The molecule has 0 spiro atoms. The molecule has 3 atom stereocenters. The molecule has 0 fully saturated rings. The van der Waals surface area contributed by atoms with Crippen molar-refractivity contribution in [1.29, 1.82) is 0 Å². The van der Waals surface area contributed by atoms with Gasteiger partial charge in [-0.15, -0.1) is 0 Å². The number of carbonyl (C=O) groups excluding carboxylic acids is 2. The summed E-state index contributed by atoms with van der Waals surface area (Å²) in [6, 6.07) is -1.55. The van der Waals surface area contributed by atoms with Crippen LogP contribution in [0.3, 0.4) is 0 Å². The maximum Gasteiger partial charge on any atom is 0.472 e. The van der Waals surface area contributed by atoms with Gasteiger partial charge in [0, 0.05) is 12.8 Å². The van der Waals surface area contributed by atoms with Crippen LogP contribution in [0.5, 0.6) is 0 Å². The van der Waals surface area contributed by atoms with Gasteiger partial charge in [0.2, 0.25) is 5.91 Å². The van der Waals surface area contributed by atoms with Crippen LogP contribution in [0.15, 0.2) is 60.8 Å². The van der Waals surface area contributed by atoms with Gasteiger partial charge in [0.1, 0.15) is 12.7 Å². The van der Waals surface area contributed by atoms with E-state index in [1.807, 2.05) is 0 Å². The molecule has 3 unspecified atom stereocenters. The van der Waals surface area contributed by atoms with E-state index in [2.05, 4.69) is 79.9 Å². The average Bonchev–Trinajstić information content (AvgIpc) is 3.27. The minimum atomic E-state index is -4.77. The smallest absolute Gasteiger partial charge is 0.472 e. The van der Waals surface area contributed by atoms with Gasteiger partial charge in [-0.3, -0.25) is 18.6 Å². The normalized spacial score (nSPS) is 14.1. The summed E-state index contributed by atoms with van der Waals surface area (Å²) in [5.74, 6) is -2.39. The van der Waals surface area contributed by atoms with Crippen molar-refractivity contribution in [3.63, 3.8) is 0 Å². The number of aliphatic hydroxyl groups is 1. The first-order chi connectivity index (χ1) is 31.1. The van der Waals surface area contributed by atoms with Crippen LogP contribution in [-0.4, -0.2) is 64.9 Å². The number of rotatable bonds is 47. The third-order valence-electron chi connectivity index (χ3n) is 10.8. The fraction of sp³-hybridized carbons (Fsp3) is 0.750. The Bertz CT molecular complexity index is 1310. The van der Waals surface area contributed by atoms with Crippen molar-refractivity contribution in [3.05, 3.63) is 60.8 Å². The van der Waals surface area contributed by atoms with E-state index in [4.69, 9.17) is 13.8 Å². The number of esters is 1. The third-order valence-corrected chi connectivity index (χ3v) is 11.7. The zero-order chi connectivity index (χ0) is 47.0. The molecule has 0 rings (SSSR count). The number of carboxylic acids is 1. The SMILES string of the molecule is CCCCC/C=C\C/C=C\C/C=C\CCCCCCCCCCCCC(=O)NC(COP(=O)(O)OCC(O)COC(=O)CCCCCCCCC/C=C\C/C=C\CCCCC)C(=O)O. The summed E-state index contributed by atoms with van der Waals surface area (Å²) in [6.45, 7) is 2.55. The number of allylic oxidation sites excluding steroid dienone is 10. The van der Waals surface area contributed by atoms with Crippen molar-refractivity contribution in [3.8, 4) is 0 Å². The predicted molar refractivity (Wildman–Crippen MR) is 263 cm³/mol. The Morgan fingerprint density at radius 1 is 0.500 bits per heavy atom. The molecular formula is C52H92NO10P. The van der Waals surface area contributed by atoms with Gasteiger partial charge < -0.3 is 25.2 Å². The predicted octanol–water partition coefficient (Wildman–Crippen LogP) is 13.9. The fourth-order valence-electron chi connectivity index (χ4n) is 6.82. The maximum absolute atomic E-state index is 12.4. The number of aliphatic carboxylic acids is 1. The number of ether oxygens (including phenoxy) is 1. The van der Waals surface area contributed by atoms with Crippen molar-refractivity contribution in [1.82, 2.24) is 5.32 Å². The fourth-order valence-corrected chi connectivity index (χ4v) is 7.60. The Balaban J connectivity index is 3.86. The van der Waals surface area contributed by atoms with Gasteiger partial charge in [-0.05, 0) is 83.5 Å². The number of phosphoric ester groups is 1. The van der Waals surface area contributed by atoms with E-state index in [0.29, 0.717) is 12.8 Å². The molecule has 0 aromatic heterocycles. The Morgan fingerprint density at radius 3 is 1.28 bits per heavy atom. The van der Waals surface area contributed by atoms with Crippen LogP contribution in [0.2, 0.25) is 0 Å². The summed E-state index contributed by atoms with van der Waals surface area (Å²) in [6.07, 6.45) is 55.2. The van der Waals surface area contributed by atoms with Crippen molar-refractivity contribution in [2.45, 2.75) is 231 Å². The topological polar surface area (TPSA) is 169 Å². The highest BCUT2D eigenvalue weighted by Gasteiger charge is 2.28.